The van der Waals surface area contributed by atoms with E-state index in [0.29, 0.717) is 5.75 Å². The van der Waals surface area contributed by atoms with Crippen LogP contribution in [-0.2, 0) is 0 Å². The first-order chi connectivity index (χ1) is 11.2. The van der Waals surface area contributed by atoms with Crippen molar-refractivity contribution < 1.29 is 14.7 Å². The van der Waals surface area contributed by atoms with Gasteiger partial charge in [0.1, 0.15) is 5.75 Å². The van der Waals surface area contributed by atoms with Crippen LogP contribution >= 0.6 is 11.3 Å². The summed E-state index contributed by atoms with van der Waals surface area (Å²) in [7, 11) is -1.82. The molecule has 0 unspecified atom stereocenters. The molecule has 1 heterocycles. The van der Waals surface area contributed by atoms with E-state index in [4.69, 9.17) is 14.7 Å². The monoisotopic (exact) mass is 320 g/mol. The summed E-state index contributed by atoms with van der Waals surface area (Å²) in [5.41, 5.74) is 2.33. The van der Waals surface area contributed by atoms with E-state index in [2.05, 4.69) is 24.3 Å². The minimum Gasteiger partial charge on any atom is -0.511 e. The van der Waals surface area contributed by atoms with E-state index in [1.807, 2.05) is 36.4 Å². The third-order valence-corrected chi connectivity index (χ3v) is 5.07. The molecule has 3 nitrogen and oxygen atoms in total. The van der Waals surface area contributed by atoms with Crippen molar-refractivity contribution in [2.45, 2.75) is 0 Å². The second-order valence-electron chi connectivity index (χ2n) is 5.23. The highest BCUT2D eigenvalue weighted by molar-refractivity contribution is 7.26. The number of fused-ring (bicyclic) bond motifs is 3. The summed E-state index contributed by atoms with van der Waals surface area (Å²) in [4.78, 5) is 0. The molecule has 0 fully saturated rings. The second kappa shape index (κ2) is 5.70. The Bertz CT molecular complexity index is 980. The lowest BCUT2D eigenvalue weighted by molar-refractivity contribution is 0.290. The Morgan fingerprint density at radius 1 is 0.739 bits per heavy atom. The number of hydrogen-bond acceptors (Lipinski definition) is 4. The van der Waals surface area contributed by atoms with E-state index in [9.17, 15) is 0 Å². The Balaban J connectivity index is 2.02. The quantitative estimate of drug-likeness (QED) is 0.560. The van der Waals surface area contributed by atoms with Crippen LogP contribution in [0.25, 0.3) is 31.3 Å². The van der Waals surface area contributed by atoms with Gasteiger partial charge in [-0.15, -0.1) is 11.3 Å². The van der Waals surface area contributed by atoms with Gasteiger partial charge in [0.05, 0.1) is 4.70 Å². The summed E-state index contributed by atoms with van der Waals surface area (Å²) in [5, 5.41) is 20.4. The molecular formula is C18H13BO3S. The van der Waals surface area contributed by atoms with Crippen LogP contribution in [0.15, 0.2) is 66.7 Å². The van der Waals surface area contributed by atoms with E-state index in [0.717, 1.165) is 25.7 Å². The average molecular weight is 320 g/mol. The largest absolute Gasteiger partial charge is 0.707 e. The van der Waals surface area contributed by atoms with Crippen LogP contribution in [0.2, 0.25) is 0 Å². The molecule has 0 saturated carbocycles. The minimum atomic E-state index is -1.82. The van der Waals surface area contributed by atoms with Crippen molar-refractivity contribution in [3.8, 4) is 16.9 Å². The zero-order chi connectivity index (χ0) is 15.8. The molecule has 0 atom stereocenters. The minimum absolute atomic E-state index is 0.484. The second-order valence-corrected chi connectivity index (χ2v) is 6.25. The molecule has 0 bridgehead atoms. The topological polar surface area (TPSA) is 49.7 Å². The Morgan fingerprint density at radius 2 is 1.43 bits per heavy atom. The summed E-state index contributed by atoms with van der Waals surface area (Å²) in [6.45, 7) is 0. The Kier molecular flexibility index (Phi) is 3.54. The van der Waals surface area contributed by atoms with Crippen LogP contribution < -0.4 is 4.65 Å². The maximum atomic E-state index is 9.11. The molecule has 0 amide bonds. The number of rotatable bonds is 3. The molecule has 0 spiro atoms. The lowest BCUT2D eigenvalue weighted by Gasteiger charge is -2.04. The highest BCUT2D eigenvalue weighted by atomic mass is 32.1. The molecule has 0 saturated heterocycles. The van der Waals surface area contributed by atoms with E-state index in [-0.39, 0.29) is 0 Å². The van der Waals surface area contributed by atoms with Gasteiger partial charge in [0.2, 0.25) is 0 Å². The first-order valence-electron chi connectivity index (χ1n) is 7.26. The van der Waals surface area contributed by atoms with Crippen molar-refractivity contribution >= 4 is 38.8 Å². The third-order valence-electron chi connectivity index (χ3n) is 3.81. The van der Waals surface area contributed by atoms with Crippen LogP contribution in [0, 0.1) is 0 Å². The van der Waals surface area contributed by atoms with Crippen molar-refractivity contribution in [3.63, 3.8) is 0 Å². The molecule has 112 valence electrons. The molecule has 0 radical (unpaired) electrons. The van der Waals surface area contributed by atoms with Crippen molar-refractivity contribution in [2.75, 3.05) is 0 Å². The number of benzene rings is 3. The van der Waals surface area contributed by atoms with Crippen LogP contribution in [-0.4, -0.2) is 17.4 Å². The lowest BCUT2D eigenvalue weighted by atomic mass is 10.0. The Morgan fingerprint density at radius 3 is 2.17 bits per heavy atom. The van der Waals surface area contributed by atoms with Gasteiger partial charge in [-0.25, -0.2) is 0 Å². The van der Waals surface area contributed by atoms with Gasteiger partial charge in [-0.3, -0.25) is 0 Å². The van der Waals surface area contributed by atoms with E-state index < -0.39 is 7.32 Å². The van der Waals surface area contributed by atoms with Crippen LogP contribution in [0.3, 0.4) is 0 Å². The van der Waals surface area contributed by atoms with Crippen LogP contribution in [0.4, 0.5) is 0 Å². The summed E-state index contributed by atoms with van der Waals surface area (Å²) < 4.78 is 7.20. The molecule has 2 N–H and O–H groups in total. The van der Waals surface area contributed by atoms with Crippen molar-refractivity contribution in [3.05, 3.63) is 66.7 Å². The van der Waals surface area contributed by atoms with Gasteiger partial charge in [0, 0.05) is 15.5 Å². The fourth-order valence-corrected chi connectivity index (χ4v) is 4.14. The van der Waals surface area contributed by atoms with E-state index in [1.165, 1.54) is 5.56 Å². The molecule has 0 aliphatic carbocycles. The van der Waals surface area contributed by atoms with Gasteiger partial charge in [-0.2, -0.15) is 0 Å². The number of hydrogen-bond donors (Lipinski definition) is 2. The van der Waals surface area contributed by atoms with Gasteiger partial charge >= 0.3 is 7.32 Å². The predicted octanol–water partition coefficient (Wildman–Crippen LogP) is 4.07. The molecule has 0 aliphatic heterocycles. The maximum absolute atomic E-state index is 9.11. The van der Waals surface area contributed by atoms with Gasteiger partial charge < -0.3 is 14.7 Å². The van der Waals surface area contributed by atoms with Crippen LogP contribution in [0.1, 0.15) is 0 Å². The molecule has 0 aliphatic rings. The number of thiophene rings is 1. The molecule has 3 aromatic carbocycles. The molecule has 1 aromatic heterocycles. The van der Waals surface area contributed by atoms with Crippen molar-refractivity contribution in [1.29, 1.82) is 0 Å². The summed E-state index contributed by atoms with van der Waals surface area (Å²) in [5.74, 6) is 0.484. The smallest absolute Gasteiger partial charge is 0.511 e. The zero-order valence-corrected chi connectivity index (χ0v) is 13.0. The predicted molar refractivity (Wildman–Crippen MR) is 95.6 cm³/mol. The fourth-order valence-electron chi connectivity index (χ4n) is 2.85. The molecule has 4 rings (SSSR count). The average Bonchev–Trinajstić information content (AvgIpc) is 2.95. The van der Waals surface area contributed by atoms with Gasteiger partial charge in [0.25, 0.3) is 0 Å². The standard InChI is InChI=1S/C18H13BO3S/c20-19(21)22-16-11-5-10-15-14-9-4-8-13(17(14)23-18(15)16)12-6-2-1-3-7-12/h1-11,20-21H. The highest BCUT2D eigenvalue weighted by Crippen LogP contribution is 2.43. The van der Waals surface area contributed by atoms with E-state index in [1.54, 1.807) is 17.4 Å². The third kappa shape index (κ3) is 2.49. The maximum Gasteiger partial charge on any atom is 0.707 e. The van der Waals surface area contributed by atoms with Gasteiger partial charge in [-0.1, -0.05) is 60.7 Å². The molecule has 4 aromatic rings. The van der Waals surface area contributed by atoms with Crippen LogP contribution in [0.5, 0.6) is 5.75 Å². The Hall–Kier alpha value is -2.34. The summed E-state index contributed by atoms with van der Waals surface area (Å²) in [6.07, 6.45) is 0. The van der Waals surface area contributed by atoms with Crippen molar-refractivity contribution in [1.82, 2.24) is 0 Å². The SMILES string of the molecule is OB(O)Oc1cccc2c1sc1c(-c3ccccc3)cccc12. The first-order valence-corrected chi connectivity index (χ1v) is 8.08. The normalized spacial score (nSPS) is 11.0. The fraction of sp³-hybridized carbons (Fsp3) is 0. The van der Waals surface area contributed by atoms with Crippen molar-refractivity contribution in [2.24, 2.45) is 0 Å². The molecule has 5 heteroatoms. The van der Waals surface area contributed by atoms with Gasteiger partial charge in [0.15, 0.2) is 0 Å². The lowest BCUT2D eigenvalue weighted by Crippen LogP contribution is -2.20. The molecular weight excluding hydrogens is 307 g/mol. The highest BCUT2D eigenvalue weighted by Gasteiger charge is 2.17. The molecule has 23 heavy (non-hydrogen) atoms. The summed E-state index contributed by atoms with van der Waals surface area (Å²) >= 11 is 1.60. The summed E-state index contributed by atoms with van der Waals surface area (Å²) in [6, 6.07) is 22.1. The Labute approximate surface area is 137 Å². The van der Waals surface area contributed by atoms with E-state index >= 15 is 0 Å². The zero-order valence-electron chi connectivity index (χ0n) is 12.1. The van der Waals surface area contributed by atoms with Gasteiger partial charge in [-0.05, 0) is 17.2 Å². The first kappa shape index (κ1) is 14.3.